The third kappa shape index (κ3) is 3.79. The van der Waals surface area contributed by atoms with Crippen molar-refractivity contribution in [3.63, 3.8) is 0 Å². The Bertz CT molecular complexity index is 943. The minimum atomic E-state index is -1.76. The second kappa shape index (κ2) is 9.26. The van der Waals surface area contributed by atoms with E-state index < -0.39 is 23.5 Å². The highest BCUT2D eigenvalue weighted by atomic mass is 16.6. The van der Waals surface area contributed by atoms with Crippen LogP contribution in [0.1, 0.15) is 24.1 Å². The highest BCUT2D eigenvalue weighted by Crippen LogP contribution is 2.48. The lowest BCUT2D eigenvalue weighted by Crippen LogP contribution is -2.72. The van der Waals surface area contributed by atoms with E-state index in [1.165, 1.54) is 21.3 Å². The Hall–Kier alpha value is -3.26. The predicted octanol–water partition coefficient (Wildman–Crippen LogP) is 2.74. The number of likely N-dealkylation sites (tertiary alicyclic amines) is 1. The van der Waals surface area contributed by atoms with Crippen LogP contribution in [0.5, 0.6) is 17.2 Å². The van der Waals surface area contributed by atoms with Gasteiger partial charge in [-0.05, 0) is 42.3 Å². The maximum absolute atomic E-state index is 13.2. The molecule has 8 nitrogen and oxygen atoms in total. The molecule has 0 bridgehead atoms. The molecule has 2 aromatic rings. The Kier molecular flexibility index (Phi) is 6.70. The number of ether oxygens (including phenoxy) is 5. The Labute approximate surface area is 181 Å². The summed E-state index contributed by atoms with van der Waals surface area (Å²) in [6.07, 6.45) is 0. The quantitative estimate of drug-likeness (QED) is 0.344. The van der Waals surface area contributed by atoms with E-state index in [9.17, 15) is 9.59 Å². The van der Waals surface area contributed by atoms with Crippen molar-refractivity contribution in [2.24, 2.45) is 0 Å². The number of nitrogens with zero attached hydrogens (tertiary/aromatic N) is 1. The zero-order valence-corrected chi connectivity index (χ0v) is 18.3. The molecule has 0 aliphatic carbocycles. The van der Waals surface area contributed by atoms with Gasteiger partial charge in [0.1, 0.15) is 11.8 Å². The lowest BCUT2D eigenvalue weighted by molar-refractivity contribution is -0.214. The number of methoxy groups -OCH3 is 4. The molecule has 1 heterocycles. The zero-order valence-electron chi connectivity index (χ0n) is 18.3. The molecule has 8 heteroatoms. The molecule has 0 N–H and O–H groups in total. The van der Waals surface area contributed by atoms with Gasteiger partial charge in [0.15, 0.2) is 11.5 Å². The van der Waals surface area contributed by atoms with Crippen LogP contribution in [0.25, 0.3) is 0 Å². The number of hydrogen-bond donors (Lipinski definition) is 0. The number of carbonyl (C=O) groups excluding carboxylic acids is 2. The van der Waals surface area contributed by atoms with Gasteiger partial charge in [0, 0.05) is 13.7 Å². The van der Waals surface area contributed by atoms with Crippen molar-refractivity contribution < 1.29 is 33.3 Å². The summed E-state index contributed by atoms with van der Waals surface area (Å²) >= 11 is 0. The first-order chi connectivity index (χ1) is 15.0. The van der Waals surface area contributed by atoms with E-state index >= 15 is 0 Å². The second-order valence-corrected chi connectivity index (χ2v) is 6.96. The maximum Gasteiger partial charge on any atom is 0.350 e. The van der Waals surface area contributed by atoms with Crippen molar-refractivity contribution in [2.75, 3.05) is 35.0 Å². The highest BCUT2D eigenvalue weighted by molar-refractivity contribution is 6.12. The SMILES string of the molecule is CCOc1ccc([C@@H]2N(Cc3ccc(OC)cc3)C(=O)[C@]2(OC)C(=O)OC)cc1OC. The van der Waals surface area contributed by atoms with Gasteiger partial charge in [-0.15, -0.1) is 0 Å². The third-order valence-electron chi connectivity index (χ3n) is 5.40. The van der Waals surface area contributed by atoms with E-state index in [1.807, 2.05) is 31.2 Å². The molecule has 0 radical (unpaired) electrons. The fourth-order valence-corrected chi connectivity index (χ4v) is 3.87. The zero-order chi connectivity index (χ0) is 22.6. The van der Waals surface area contributed by atoms with Crippen LogP contribution < -0.4 is 14.2 Å². The van der Waals surface area contributed by atoms with Gasteiger partial charge in [-0.2, -0.15) is 0 Å². The first-order valence-corrected chi connectivity index (χ1v) is 9.85. The molecule has 1 aliphatic heterocycles. The van der Waals surface area contributed by atoms with Gasteiger partial charge in [-0.25, -0.2) is 4.79 Å². The first-order valence-electron chi connectivity index (χ1n) is 9.85. The number of esters is 1. The number of benzene rings is 2. The summed E-state index contributed by atoms with van der Waals surface area (Å²) in [5.74, 6) is 0.576. The molecule has 1 amide bonds. The average molecular weight is 429 g/mol. The van der Waals surface area contributed by atoms with E-state index in [0.717, 1.165) is 5.56 Å². The van der Waals surface area contributed by atoms with Crippen molar-refractivity contribution >= 4 is 11.9 Å². The summed E-state index contributed by atoms with van der Waals surface area (Å²) in [6.45, 7) is 2.64. The average Bonchev–Trinajstić information content (AvgIpc) is 2.81. The van der Waals surface area contributed by atoms with Gasteiger partial charge >= 0.3 is 5.97 Å². The summed E-state index contributed by atoms with van der Waals surface area (Å²) in [5.41, 5.74) is -0.216. The van der Waals surface area contributed by atoms with Crippen molar-refractivity contribution in [3.05, 3.63) is 53.6 Å². The molecule has 1 aliphatic rings. The van der Waals surface area contributed by atoms with Crippen LogP contribution >= 0.6 is 0 Å². The molecule has 3 rings (SSSR count). The molecular formula is C23H27NO7. The molecule has 0 saturated carbocycles. The number of amides is 1. The van der Waals surface area contributed by atoms with E-state index in [1.54, 1.807) is 30.2 Å². The molecular weight excluding hydrogens is 402 g/mol. The minimum Gasteiger partial charge on any atom is -0.497 e. The summed E-state index contributed by atoms with van der Waals surface area (Å²) in [5, 5.41) is 0. The number of rotatable bonds is 9. The van der Waals surface area contributed by atoms with Gasteiger partial charge in [0.05, 0.1) is 27.9 Å². The summed E-state index contributed by atoms with van der Waals surface area (Å²) in [7, 11) is 5.69. The molecule has 2 aromatic carbocycles. The molecule has 0 aromatic heterocycles. The van der Waals surface area contributed by atoms with Gasteiger partial charge in [0.25, 0.3) is 11.5 Å². The second-order valence-electron chi connectivity index (χ2n) is 6.96. The van der Waals surface area contributed by atoms with E-state index in [-0.39, 0.29) is 6.54 Å². The Morgan fingerprint density at radius 1 is 1.00 bits per heavy atom. The molecule has 31 heavy (non-hydrogen) atoms. The first kappa shape index (κ1) is 22.4. The number of β-lactam (4-membered cyclic amide) rings is 1. The predicted molar refractivity (Wildman–Crippen MR) is 112 cm³/mol. The van der Waals surface area contributed by atoms with E-state index in [0.29, 0.717) is 29.4 Å². The molecule has 0 spiro atoms. The van der Waals surface area contributed by atoms with E-state index in [4.69, 9.17) is 23.7 Å². The van der Waals surface area contributed by atoms with Crippen LogP contribution in [0.15, 0.2) is 42.5 Å². The van der Waals surface area contributed by atoms with Crippen molar-refractivity contribution in [2.45, 2.75) is 25.1 Å². The normalized spacial score (nSPS) is 20.1. The van der Waals surface area contributed by atoms with Crippen LogP contribution in [0.2, 0.25) is 0 Å². The summed E-state index contributed by atoms with van der Waals surface area (Å²) in [6, 6.07) is 12.0. The van der Waals surface area contributed by atoms with Gasteiger partial charge < -0.3 is 28.6 Å². The summed E-state index contributed by atoms with van der Waals surface area (Å²) in [4.78, 5) is 27.4. The molecule has 166 valence electrons. The lowest BCUT2D eigenvalue weighted by atomic mass is 9.77. The molecule has 1 saturated heterocycles. The van der Waals surface area contributed by atoms with Gasteiger partial charge in [-0.3, -0.25) is 4.79 Å². The topological polar surface area (TPSA) is 83.5 Å². The fourth-order valence-electron chi connectivity index (χ4n) is 3.87. The van der Waals surface area contributed by atoms with Crippen LogP contribution in [-0.4, -0.2) is 57.4 Å². The standard InChI is InChI=1S/C23H27NO7/c1-6-31-18-12-9-16(13-19(18)28-3)20-23(30-5,22(26)29-4)21(25)24(20)14-15-7-10-17(27-2)11-8-15/h7-13,20H,6,14H2,1-5H3/t20-,23-/m0/s1. The van der Waals surface area contributed by atoms with Gasteiger partial charge in [0.2, 0.25) is 0 Å². The molecule has 0 unspecified atom stereocenters. The largest absolute Gasteiger partial charge is 0.497 e. The number of hydrogen-bond acceptors (Lipinski definition) is 7. The highest BCUT2D eigenvalue weighted by Gasteiger charge is 2.68. The maximum atomic E-state index is 13.2. The van der Waals surface area contributed by atoms with Gasteiger partial charge in [-0.1, -0.05) is 18.2 Å². The molecule has 2 atom stereocenters. The monoisotopic (exact) mass is 429 g/mol. The van der Waals surface area contributed by atoms with Crippen molar-refractivity contribution in [1.82, 2.24) is 4.90 Å². The Morgan fingerprint density at radius 2 is 1.71 bits per heavy atom. The third-order valence-corrected chi connectivity index (χ3v) is 5.40. The number of carbonyl (C=O) groups is 2. The van der Waals surface area contributed by atoms with Crippen molar-refractivity contribution in [3.8, 4) is 17.2 Å². The molecule has 1 fully saturated rings. The van der Waals surface area contributed by atoms with Crippen LogP contribution in [0.3, 0.4) is 0 Å². The minimum absolute atomic E-state index is 0.283. The lowest BCUT2D eigenvalue weighted by Gasteiger charge is -2.53. The van der Waals surface area contributed by atoms with Crippen LogP contribution in [0, 0.1) is 0 Å². The Balaban J connectivity index is 2.02. The van der Waals surface area contributed by atoms with E-state index in [2.05, 4.69) is 0 Å². The van der Waals surface area contributed by atoms with Crippen molar-refractivity contribution in [1.29, 1.82) is 0 Å². The fraction of sp³-hybridized carbons (Fsp3) is 0.391. The van der Waals surface area contributed by atoms with Crippen LogP contribution in [0.4, 0.5) is 0 Å². The summed E-state index contributed by atoms with van der Waals surface area (Å²) < 4.78 is 26.7. The van der Waals surface area contributed by atoms with Crippen LogP contribution in [-0.2, 0) is 25.6 Å². The smallest absolute Gasteiger partial charge is 0.350 e. The Morgan fingerprint density at radius 3 is 2.26 bits per heavy atom.